The van der Waals surface area contributed by atoms with Crippen LogP contribution in [0.2, 0.25) is 0 Å². The summed E-state index contributed by atoms with van der Waals surface area (Å²) >= 11 is 0. The van der Waals surface area contributed by atoms with Gasteiger partial charge in [-0.05, 0) is 36.7 Å². The maximum absolute atomic E-state index is 14.3. The third-order valence-electron chi connectivity index (χ3n) is 4.05. The van der Waals surface area contributed by atoms with E-state index in [1.54, 1.807) is 6.07 Å². The molecule has 4 heteroatoms. The molecule has 118 valence electrons. The highest BCUT2D eigenvalue weighted by Crippen LogP contribution is 2.22. The molecule has 1 fully saturated rings. The molecule has 1 aliphatic heterocycles. The molecule has 1 N–H and O–H groups in total. The van der Waals surface area contributed by atoms with E-state index in [-0.39, 0.29) is 5.82 Å². The Morgan fingerprint density at radius 1 is 1.19 bits per heavy atom. The molecule has 1 saturated heterocycles. The number of hydrogen-bond donors (Lipinski definition) is 1. The van der Waals surface area contributed by atoms with E-state index in [9.17, 15) is 4.39 Å². The van der Waals surface area contributed by atoms with Crippen LogP contribution in [0.15, 0.2) is 18.2 Å². The van der Waals surface area contributed by atoms with Crippen LogP contribution in [0.5, 0.6) is 0 Å². The van der Waals surface area contributed by atoms with Gasteiger partial charge in [0.2, 0.25) is 0 Å². The third kappa shape index (κ3) is 4.68. The van der Waals surface area contributed by atoms with Gasteiger partial charge in [-0.25, -0.2) is 4.39 Å². The van der Waals surface area contributed by atoms with Gasteiger partial charge in [-0.1, -0.05) is 26.8 Å². The van der Waals surface area contributed by atoms with Gasteiger partial charge in [0.25, 0.3) is 0 Å². The zero-order valence-corrected chi connectivity index (χ0v) is 13.5. The first-order chi connectivity index (χ1) is 10.1. The van der Waals surface area contributed by atoms with Crippen molar-refractivity contribution in [1.29, 1.82) is 0 Å². The largest absolute Gasteiger partial charge is 0.367 e. The van der Waals surface area contributed by atoms with Crippen molar-refractivity contribution in [3.8, 4) is 0 Å². The van der Waals surface area contributed by atoms with Crippen LogP contribution in [0, 0.1) is 11.7 Å². The summed E-state index contributed by atoms with van der Waals surface area (Å²) in [6.45, 7) is 13.2. The van der Waals surface area contributed by atoms with Crippen LogP contribution in [0.4, 0.5) is 10.1 Å². The van der Waals surface area contributed by atoms with Gasteiger partial charge in [-0.2, -0.15) is 0 Å². The minimum absolute atomic E-state index is 0.0937. The first-order valence-electron chi connectivity index (χ1n) is 8.06. The molecule has 1 heterocycles. The fraction of sp³-hybridized carbons (Fsp3) is 0.647. The van der Waals surface area contributed by atoms with Gasteiger partial charge in [0.05, 0.1) is 5.69 Å². The van der Waals surface area contributed by atoms with Crippen LogP contribution >= 0.6 is 0 Å². The number of nitrogens with one attached hydrogen (secondary N) is 1. The molecule has 1 aromatic rings. The highest BCUT2D eigenvalue weighted by Gasteiger charge is 2.18. The Morgan fingerprint density at radius 2 is 1.90 bits per heavy atom. The second-order valence-corrected chi connectivity index (χ2v) is 6.23. The number of halogens is 1. The summed E-state index contributed by atoms with van der Waals surface area (Å²) < 4.78 is 14.3. The standard InChI is InChI=1S/C17H28FN3/c1-4-20-7-9-21(10-8-20)17-6-5-15(11-16(17)18)13-19-12-14(2)3/h5-6,11,14,19H,4,7-10,12-13H2,1-3H3. The van der Waals surface area contributed by atoms with Crippen molar-refractivity contribution in [1.82, 2.24) is 10.2 Å². The normalized spacial score (nSPS) is 16.7. The lowest BCUT2D eigenvalue weighted by Crippen LogP contribution is -2.46. The number of anilines is 1. The van der Waals surface area contributed by atoms with Crippen LogP contribution in [-0.2, 0) is 6.54 Å². The zero-order valence-electron chi connectivity index (χ0n) is 13.5. The predicted molar refractivity (Wildman–Crippen MR) is 87.3 cm³/mol. The average molecular weight is 293 g/mol. The lowest BCUT2D eigenvalue weighted by molar-refractivity contribution is 0.270. The second-order valence-electron chi connectivity index (χ2n) is 6.23. The van der Waals surface area contributed by atoms with E-state index >= 15 is 0 Å². The fourth-order valence-corrected chi connectivity index (χ4v) is 2.73. The molecule has 0 amide bonds. The molecule has 0 bridgehead atoms. The average Bonchev–Trinajstić information content (AvgIpc) is 2.47. The van der Waals surface area contributed by atoms with E-state index in [4.69, 9.17) is 0 Å². The van der Waals surface area contributed by atoms with Gasteiger partial charge in [0.15, 0.2) is 0 Å². The Hall–Kier alpha value is -1.13. The molecule has 0 spiro atoms. The number of nitrogens with zero attached hydrogens (tertiary/aromatic N) is 2. The van der Waals surface area contributed by atoms with Gasteiger partial charge >= 0.3 is 0 Å². The van der Waals surface area contributed by atoms with E-state index in [1.807, 2.05) is 12.1 Å². The Kier molecular flexibility index (Phi) is 6.00. The minimum atomic E-state index is -0.0937. The van der Waals surface area contributed by atoms with Crippen LogP contribution in [0.3, 0.4) is 0 Å². The van der Waals surface area contributed by atoms with Gasteiger partial charge in [-0.15, -0.1) is 0 Å². The van der Waals surface area contributed by atoms with Gasteiger partial charge in [0.1, 0.15) is 5.82 Å². The summed E-state index contributed by atoms with van der Waals surface area (Å²) in [5.41, 5.74) is 1.77. The van der Waals surface area contributed by atoms with Crippen molar-refractivity contribution in [3.05, 3.63) is 29.6 Å². The van der Waals surface area contributed by atoms with Crippen molar-refractivity contribution < 1.29 is 4.39 Å². The number of piperazine rings is 1. The summed E-state index contributed by atoms with van der Waals surface area (Å²) in [4.78, 5) is 4.56. The summed E-state index contributed by atoms with van der Waals surface area (Å²) in [7, 11) is 0. The molecule has 0 aromatic heterocycles. The summed E-state index contributed by atoms with van der Waals surface area (Å²) in [5.74, 6) is 0.521. The predicted octanol–water partition coefficient (Wildman–Crippen LogP) is 2.71. The molecule has 2 rings (SSSR count). The second kappa shape index (κ2) is 7.76. The lowest BCUT2D eigenvalue weighted by atomic mass is 10.1. The van der Waals surface area contributed by atoms with Crippen molar-refractivity contribution in [2.75, 3.05) is 44.2 Å². The third-order valence-corrected chi connectivity index (χ3v) is 4.05. The Morgan fingerprint density at radius 3 is 2.48 bits per heavy atom. The molecular formula is C17H28FN3. The maximum atomic E-state index is 14.3. The minimum Gasteiger partial charge on any atom is -0.367 e. The highest BCUT2D eigenvalue weighted by atomic mass is 19.1. The number of hydrogen-bond acceptors (Lipinski definition) is 3. The van der Waals surface area contributed by atoms with Gasteiger partial charge in [-0.3, -0.25) is 0 Å². The van der Waals surface area contributed by atoms with E-state index in [2.05, 4.69) is 35.9 Å². The Bertz CT molecular complexity index is 440. The molecule has 0 unspecified atom stereocenters. The van der Waals surface area contributed by atoms with E-state index in [1.165, 1.54) is 0 Å². The SMILES string of the molecule is CCN1CCN(c2ccc(CNCC(C)C)cc2F)CC1. The Balaban J connectivity index is 1.93. The van der Waals surface area contributed by atoms with Crippen molar-refractivity contribution in [2.45, 2.75) is 27.3 Å². The molecule has 1 aromatic carbocycles. The lowest BCUT2D eigenvalue weighted by Gasteiger charge is -2.35. The maximum Gasteiger partial charge on any atom is 0.146 e. The smallest absolute Gasteiger partial charge is 0.146 e. The van der Waals surface area contributed by atoms with Crippen LogP contribution in [0.1, 0.15) is 26.3 Å². The molecule has 0 aliphatic carbocycles. The molecular weight excluding hydrogens is 265 g/mol. The topological polar surface area (TPSA) is 18.5 Å². The highest BCUT2D eigenvalue weighted by molar-refractivity contribution is 5.49. The van der Waals surface area contributed by atoms with Crippen LogP contribution in [0.25, 0.3) is 0 Å². The number of likely N-dealkylation sites (N-methyl/N-ethyl adjacent to an activating group) is 1. The molecule has 21 heavy (non-hydrogen) atoms. The van der Waals surface area contributed by atoms with Crippen molar-refractivity contribution in [2.24, 2.45) is 5.92 Å². The van der Waals surface area contributed by atoms with E-state index in [0.717, 1.165) is 57.1 Å². The summed E-state index contributed by atoms with van der Waals surface area (Å²) in [5, 5.41) is 3.35. The number of benzene rings is 1. The van der Waals surface area contributed by atoms with E-state index < -0.39 is 0 Å². The van der Waals surface area contributed by atoms with Crippen LogP contribution in [-0.4, -0.2) is 44.2 Å². The summed E-state index contributed by atoms with van der Waals surface area (Å²) in [6.07, 6.45) is 0. The van der Waals surface area contributed by atoms with Gasteiger partial charge in [0, 0.05) is 32.7 Å². The van der Waals surface area contributed by atoms with Crippen molar-refractivity contribution in [3.63, 3.8) is 0 Å². The van der Waals surface area contributed by atoms with Crippen LogP contribution < -0.4 is 10.2 Å². The molecule has 0 atom stereocenters. The molecule has 0 radical (unpaired) electrons. The molecule has 3 nitrogen and oxygen atoms in total. The Labute approximate surface area is 128 Å². The quantitative estimate of drug-likeness (QED) is 0.870. The summed E-state index contributed by atoms with van der Waals surface area (Å²) in [6, 6.07) is 5.65. The monoisotopic (exact) mass is 293 g/mol. The fourth-order valence-electron chi connectivity index (χ4n) is 2.73. The number of rotatable bonds is 6. The first kappa shape index (κ1) is 16.2. The molecule has 0 saturated carbocycles. The van der Waals surface area contributed by atoms with E-state index in [0.29, 0.717) is 5.92 Å². The van der Waals surface area contributed by atoms with Crippen molar-refractivity contribution >= 4 is 5.69 Å². The first-order valence-corrected chi connectivity index (χ1v) is 8.06. The van der Waals surface area contributed by atoms with Gasteiger partial charge < -0.3 is 15.1 Å². The zero-order chi connectivity index (χ0) is 15.2. The molecule has 1 aliphatic rings.